The molecule has 0 saturated carbocycles. The van der Waals surface area contributed by atoms with Gasteiger partial charge in [0.1, 0.15) is 0 Å². The van der Waals surface area contributed by atoms with Crippen molar-refractivity contribution in [2.24, 2.45) is 10.7 Å². The van der Waals surface area contributed by atoms with Gasteiger partial charge in [-0.3, -0.25) is 0 Å². The van der Waals surface area contributed by atoms with E-state index >= 15 is 0 Å². The smallest absolute Gasteiger partial charge is 0.0860 e. The Morgan fingerprint density at radius 3 is 2.62 bits per heavy atom. The molecule has 0 amide bonds. The van der Waals surface area contributed by atoms with Crippen LogP contribution in [-0.2, 0) is 0 Å². The molecule has 0 atom stereocenters. The molecule has 2 aromatic carbocycles. The van der Waals surface area contributed by atoms with E-state index in [1.807, 2.05) is 30.3 Å². The van der Waals surface area contributed by atoms with Gasteiger partial charge in [-0.15, -0.1) is 0 Å². The van der Waals surface area contributed by atoms with Gasteiger partial charge in [-0.2, -0.15) is 0 Å². The van der Waals surface area contributed by atoms with E-state index in [-0.39, 0.29) is 0 Å². The summed E-state index contributed by atoms with van der Waals surface area (Å²) in [7, 11) is 0. The van der Waals surface area contributed by atoms with E-state index in [0.29, 0.717) is 0 Å². The van der Waals surface area contributed by atoms with Crippen LogP contribution in [0.1, 0.15) is 0 Å². The molecule has 0 saturated heterocycles. The minimum absolute atomic E-state index is 0.917. The highest BCUT2D eigenvalue weighted by Crippen LogP contribution is 2.24. The van der Waals surface area contributed by atoms with Crippen molar-refractivity contribution in [3.8, 4) is 0 Å². The van der Waals surface area contributed by atoms with Gasteiger partial charge in [0.2, 0.25) is 0 Å². The van der Waals surface area contributed by atoms with Crippen LogP contribution in [-0.4, -0.2) is 6.34 Å². The van der Waals surface area contributed by atoms with Gasteiger partial charge in [0.15, 0.2) is 0 Å². The highest BCUT2D eigenvalue weighted by molar-refractivity contribution is 5.93. The van der Waals surface area contributed by atoms with Crippen LogP contribution < -0.4 is 5.73 Å². The Bertz CT molecular complexity index is 441. The number of nitrogens with zero attached hydrogens (tertiary/aromatic N) is 1. The van der Waals surface area contributed by atoms with Crippen molar-refractivity contribution >= 4 is 22.8 Å². The van der Waals surface area contributed by atoms with Gasteiger partial charge in [0.25, 0.3) is 0 Å². The first-order valence-corrected chi connectivity index (χ1v) is 4.14. The Hall–Kier alpha value is -1.83. The summed E-state index contributed by atoms with van der Waals surface area (Å²) in [5.41, 5.74) is 6.18. The maximum atomic E-state index is 5.26. The van der Waals surface area contributed by atoms with Crippen molar-refractivity contribution in [2.75, 3.05) is 0 Å². The molecule has 2 aromatic rings. The molecule has 0 spiro atoms. The molecule has 0 aliphatic carbocycles. The van der Waals surface area contributed by atoms with Crippen molar-refractivity contribution in [3.63, 3.8) is 0 Å². The zero-order chi connectivity index (χ0) is 9.10. The summed E-state index contributed by atoms with van der Waals surface area (Å²) in [6.07, 6.45) is 1.32. The van der Waals surface area contributed by atoms with Gasteiger partial charge in [-0.05, 0) is 11.5 Å². The van der Waals surface area contributed by atoms with E-state index in [1.54, 1.807) is 0 Å². The van der Waals surface area contributed by atoms with Gasteiger partial charge < -0.3 is 5.73 Å². The Balaban J connectivity index is 2.75. The fourth-order valence-corrected chi connectivity index (χ4v) is 1.40. The molecule has 2 N–H and O–H groups in total. The third kappa shape index (κ3) is 1.38. The average Bonchev–Trinajstić information content (AvgIpc) is 2.19. The fraction of sp³-hybridized carbons (Fsp3) is 0. The molecule has 0 unspecified atom stereocenters. The van der Waals surface area contributed by atoms with Crippen LogP contribution in [0.15, 0.2) is 47.5 Å². The number of hydrogen-bond acceptors (Lipinski definition) is 1. The first-order chi connectivity index (χ1) is 6.42. The molecule has 0 aromatic heterocycles. The van der Waals surface area contributed by atoms with Crippen molar-refractivity contribution in [3.05, 3.63) is 42.5 Å². The molecule has 0 bridgehead atoms. The largest absolute Gasteiger partial charge is 0.390 e. The predicted octanol–water partition coefficient (Wildman–Crippen LogP) is 2.46. The highest BCUT2D eigenvalue weighted by atomic mass is 14.8. The third-order valence-corrected chi connectivity index (χ3v) is 1.98. The van der Waals surface area contributed by atoms with Crippen LogP contribution in [0.4, 0.5) is 5.69 Å². The van der Waals surface area contributed by atoms with Crippen LogP contribution in [0.5, 0.6) is 0 Å². The van der Waals surface area contributed by atoms with Crippen LogP contribution in [0.3, 0.4) is 0 Å². The summed E-state index contributed by atoms with van der Waals surface area (Å²) in [4.78, 5) is 4.09. The summed E-state index contributed by atoms with van der Waals surface area (Å²) in [6.45, 7) is 0. The molecule has 0 aliphatic rings. The van der Waals surface area contributed by atoms with Gasteiger partial charge in [-0.25, -0.2) is 4.99 Å². The Kier molecular flexibility index (Phi) is 1.96. The summed E-state index contributed by atoms with van der Waals surface area (Å²) in [5.74, 6) is 0. The normalized spacial score (nSPS) is 11.1. The lowest BCUT2D eigenvalue weighted by Crippen LogP contribution is -1.86. The molecular weight excluding hydrogens is 160 g/mol. The van der Waals surface area contributed by atoms with E-state index in [1.165, 1.54) is 11.7 Å². The Morgan fingerprint density at radius 1 is 1.00 bits per heavy atom. The zero-order valence-corrected chi connectivity index (χ0v) is 7.14. The van der Waals surface area contributed by atoms with Crippen molar-refractivity contribution in [1.82, 2.24) is 0 Å². The van der Waals surface area contributed by atoms with Gasteiger partial charge in [0, 0.05) is 5.39 Å². The lowest BCUT2D eigenvalue weighted by Gasteiger charge is -1.99. The van der Waals surface area contributed by atoms with E-state index in [9.17, 15) is 0 Å². The van der Waals surface area contributed by atoms with Gasteiger partial charge in [0.05, 0.1) is 12.0 Å². The van der Waals surface area contributed by atoms with E-state index in [2.05, 4.69) is 17.1 Å². The second-order valence-corrected chi connectivity index (χ2v) is 2.78. The maximum absolute atomic E-state index is 5.26. The molecule has 2 heteroatoms. The average molecular weight is 170 g/mol. The van der Waals surface area contributed by atoms with Gasteiger partial charge in [-0.1, -0.05) is 36.4 Å². The molecule has 13 heavy (non-hydrogen) atoms. The molecule has 0 fully saturated rings. The maximum Gasteiger partial charge on any atom is 0.0860 e. The highest BCUT2D eigenvalue weighted by Gasteiger charge is 1.95. The molecule has 2 rings (SSSR count). The molecule has 0 heterocycles. The number of rotatable bonds is 1. The van der Waals surface area contributed by atoms with Crippen molar-refractivity contribution in [2.45, 2.75) is 0 Å². The Morgan fingerprint density at radius 2 is 1.77 bits per heavy atom. The standard InChI is InChI=1S/C11H10N2/c12-8-13-11-7-3-5-9-4-1-2-6-10(9)11/h1-8H,(H2,12,13). The molecule has 0 aliphatic heterocycles. The number of benzene rings is 2. The second kappa shape index (κ2) is 3.27. The topological polar surface area (TPSA) is 38.4 Å². The minimum Gasteiger partial charge on any atom is -0.390 e. The van der Waals surface area contributed by atoms with E-state index in [0.717, 1.165) is 11.1 Å². The first kappa shape index (κ1) is 7.80. The third-order valence-electron chi connectivity index (χ3n) is 1.98. The number of hydrogen-bond donors (Lipinski definition) is 1. The summed E-state index contributed by atoms with van der Waals surface area (Å²) < 4.78 is 0. The van der Waals surface area contributed by atoms with Crippen molar-refractivity contribution < 1.29 is 0 Å². The summed E-state index contributed by atoms with van der Waals surface area (Å²) in [5, 5.41) is 2.32. The fourth-order valence-electron chi connectivity index (χ4n) is 1.40. The molecule has 2 nitrogen and oxygen atoms in total. The first-order valence-electron chi connectivity index (χ1n) is 4.14. The van der Waals surface area contributed by atoms with Crippen LogP contribution >= 0.6 is 0 Å². The van der Waals surface area contributed by atoms with Gasteiger partial charge >= 0.3 is 0 Å². The minimum atomic E-state index is 0.917. The Labute approximate surface area is 76.7 Å². The van der Waals surface area contributed by atoms with Crippen LogP contribution in [0, 0.1) is 0 Å². The number of nitrogens with two attached hydrogens (primary N) is 1. The zero-order valence-electron chi connectivity index (χ0n) is 7.14. The summed E-state index contributed by atoms with van der Waals surface area (Å²) in [6, 6.07) is 14.1. The number of aliphatic imine (C=N–C) groups is 1. The lowest BCUT2D eigenvalue weighted by molar-refractivity contribution is 1.55. The van der Waals surface area contributed by atoms with Crippen LogP contribution in [0.25, 0.3) is 10.8 Å². The predicted molar refractivity (Wildman–Crippen MR) is 56.3 cm³/mol. The molecule has 0 radical (unpaired) electrons. The monoisotopic (exact) mass is 170 g/mol. The summed E-state index contributed by atoms with van der Waals surface area (Å²) >= 11 is 0. The second-order valence-electron chi connectivity index (χ2n) is 2.78. The van der Waals surface area contributed by atoms with Crippen molar-refractivity contribution in [1.29, 1.82) is 0 Å². The molecule has 64 valence electrons. The number of fused-ring (bicyclic) bond motifs is 1. The quantitative estimate of drug-likeness (QED) is 0.518. The molecular formula is C11H10N2. The van der Waals surface area contributed by atoms with E-state index < -0.39 is 0 Å². The SMILES string of the molecule is NC=Nc1cccc2ccccc12. The van der Waals surface area contributed by atoms with E-state index in [4.69, 9.17) is 5.73 Å². The van der Waals surface area contributed by atoms with Crippen LogP contribution in [0.2, 0.25) is 0 Å². The lowest BCUT2D eigenvalue weighted by atomic mass is 10.1.